The molecule has 18 heavy (non-hydrogen) atoms. The average Bonchev–Trinajstić information content (AvgIpc) is 2.78. The van der Waals surface area contributed by atoms with Gasteiger partial charge in [-0.05, 0) is 24.3 Å². The molecule has 0 saturated carbocycles. The summed E-state index contributed by atoms with van der Waals surface area (Å²) in [6.07, 6.45) is 2.15. The monoisotopic (exact) mass is 270 g/mol. The predicted octanol–water partition coefficient (Wildman–Crippen LogP) is 2.56. The van der Waals surface area contributed by atoms with Crippen LogP contribution in [-0.2, 0) is 11.3 Å². The molecule has 1 aromatic heterocycles. The molecule has 0 amide bonds. The van der Waals surface area contributed by atoms with Crippen molar-refractivity contribution < 1.29 is 9.66 Å². The third-order valence-electron chi connectivity index (χ3n) is 3.38. The van der Waals surface area contributed by atoms with Crippen molar-refractivity contribution >= 4 is 16.3 Å². The topological polar surface area (TPSA) is 64.4 Å². The van der Waals surface area contributed by atoms with E-state index in [9.17, 15) is 10.1 Å². The van der Waals surface area contributed by atoms with Crippen molar-refractivity contribution in [2.45, 2.75) is 26.3 Å². The molecular formula is C12H18N2O3S. The van der Waals surface area contributed by atoms with Gasteiger partial charge in [-0.15, -0.1) is 0 Å². The first-order chi connectivity index (χ1) is 8.59. The molecule has 1 saturated heterocycles. The smallest absolute Gasteiger partial charge is 0.324 e. The van der Waals surface area contributed by atoms with Crippen molar-refractivity contribution in [1.29, 1.82) is 0 Å². The first kappa shape index (κ1) is 13.5. The number of nitrogens with one attached hydrogen (secondary N) is 1. The van der Waals surface area contributed by atoms with Gasteiger partial charge in [-0.1, -0.05) is 18.3 Å². The van der Waals surface area contributed by atoms with Crippen LogP contribution in [0.5, 0.6) is 0 Å². The number of rotatable bonds is 5. The average molecular weight is 270 g/mol. The molecule has 0 aromatic carbocycles. The second kappa shape index (κ2) is 5.77. The first-order valence-electron chi connectivity index (χ1n) is 6.11. The van der Waals surface area contributed by atoms with E-state index in [1.54, 1.807) is 6.07 Å². The van der Waals surface area contributed by atoms with Crippen LogP contribution in [0.15, 0.2) is 12.1 Å². The van der Waals surface area contributed by atoms with E-state index < -0.39 is 0 Å². The number of nitro groups is 1. The summed E-state index contributed by atoms with van der Waals surface area (Å²) in [7, 11) is 0. The molecule has 1 aromatic rings. The summed E-state index contributed by atoms with van der Waals surface area (Å²) in [5.41, 5.74) is 0.293. The molecule has 1 N–H and O–H groups in total. The molecular weight excluding hydrogens is 252 g/mol. The summed E-state index contributed by atoms with van der Waals surface area (Å²) in [4.78, 5) is 11.2. The zero-order chi connectivity index (χ0) is 13.0. The SMILES string of the molecule is CC1(CNCc2ccc([N+](=O)[O-])s2)CCOCC1. The van der Waals surface area contributed by atoms with Gasteiger partial charge in [-0.3, -0.25) is 10.1 Å². The first-order valence-corrected chi connectivity index (χ1v) is 6.92. The zero-order valence-electron chi connectivity index (χ0n) is 10.5. The predicted molar refractivity (Wildman–Crippen MR) is 70.8 cm³/mol. The molecule has 0 aliphatic carbocycles. The Morgan fingerprint density at radius 1 is 1.50 bits per heavy atom. The highest BCUT2D eigenvalue weighted by atomic mass is 32.1. The van der Waals surface area contributed by atoms with Gasteiger partial charge in [0.1, 0.15) is 0 Å². The fourth-order valence-electron chi connectivity index (χ4n) is 2.09. The lowest BCUT2D eigenvalue weighted by atomic mass is 9.82. The van der Waals surface area contributed by atoms with E-state index >= 15 is 0 Å². The quantitative estimate of drug-likeness (QED) is 0.659. The molecule has 0 radical (unpaired) electrons. The second-order valence-electron chi connectivity index (χ2n) is 5.02. The second-order valence-corrected chi connectivity index (χ2v) is 6.17. The molecule has 5 nitrogen and oxygen atoms in total. The van der Waals surface area contributed by atoms with Crippen molar-refractivity contribution in [2.75, 3.05) is 19.8 Å². The van der Waals surface area contributed by atoms with Crippen LogP contribution in [0.4, 0.5) is 5.00 Å². The van der Waals surface area contributed by atoms with Gasteiger partial charge in [-0.2, -0.15) is 0 Å². The molecule has 6 heteroatoms. The van der Waals surface area contributed by atoms with Crippen molar-refractivity contribution in [3.05, 3.63) is 27.1 Å². The van der Waals surface area contributed by atoms with Crippen LogP contribution in [0.25, 0.3) is 0 Å². The molecule has 2 rings (SSSR count). The maximum absolute atomic E-state index is 10.6. The Labute approximate surface area is 110 Å². The van der Waals surface area contributed by atoms with Crippen LogP contribution in [0, 0.1) is 15.5 Å². The summed E-state index contributed by atoms with van der Waals surface area (Å²) < 4.78 is 5.36. The number of hydrogen-bond acceptors (Lipinski definition) is 5. The molecule has 2 heterocycles. The van der Waals surface area contributed by atoms with Gasteiger partial charge >= 0.3 is 5.00 Å². The maximum atomic E-state index is 10.6. The Balaban J connectivity index is 1.78. The van der Waals surface area contributed by atoms with Crippen LogP contribution in [-0.4, -0.2) is 24.7 Å². The van der Waals surface area contributed by atoms with Gasteiger partial charge in [0.05, 0.1) is 4.92 Å². The van der Waals surface area contributed by atoms with Crippen molar-refractivity contribution in [1.82, 2.24) is 5.32 Å². The Morgan fingerprint density at radius 2 is 2.22 bits per heavy atom. The third-order valence-corrected chi connectivity index (χ3v) is 4.42. The standard InChI is InChI=1S/C12H18N2O3S/c1-12(4-6-17-7-5-12)9-13-8-10-2-3-11(18-10)14(15)16/h2-3,13H,4-9H2,1H3. The molecule has 0 bridgehead atoms. The van der Waals surface area contributed by atoms with Gasteiger partial charge in [0, 0.05) is 37.2 Å². The van der Waals surface area contributed by atoms with Crippen LogP contribution >= 0.6 is 11.3 Å². The Hall–Kier alpha value is -0.980. The highest BCUT2D eigenvalue weighted by Crippen LogP contribution is 2.29. The molecule has 0 unspecified atom stereocenters. The Kier molecular flexibility index (Phi) is 4.31. The van der Waals surface area contributed by atoms with Crippen molar-refractivity contribution in [3.63, 3.8) is 0 Å². The van der Waals surface area contributed by atoms with E-state index in [0.717, 1.165) is 37.5 Å². The summed E-state index contributed by atoms with van der Waals surface area (Å²) in [6.45, 7) is 5.57. The lowest BCUT2D eigenvalue weighted by Crippen LogP contribution is -2.36. The number of hydrogen-bond donors (Lipinski definition) is 1. The summed E-state index contributed by atoms with van der Waals surface area (Å²) in [5, 5.41) is 14.2. The number of nitrogens with zero attached hydrogens (tertiary/aromatic N) is 1. The van der Waals surface area contributed by atoms with Gasteiger partial charge < -0.3 is 10.1 Å². The Morgan fingerprint density at radius 3 is 2.83 bits per heavy atom. The minimum absolute atomic E-state index is 0.212. The minimum Gasteiger partial charge on any atom is -0.381 e. The van der Waals surface area contributed by atoms with E-state index in [4.69, 9.17) is 4.74 Å². The number of ether oxygens (including phenoxy) is 1. The van der Waals surface area contributed by atoms with Crippen LogP contribution in [0.2, 0.25) is 0 Å². The van der Waals surface area contributed by atoms with Crippen LogP contribution in [0.1, 0.15) is 24.6 Å². The fourth-order valence-corrected chi connectivity index (χ4v) is 2.88. The highest BCUT2D eigenvalue weighted by molar-refractivity contribution is 7.15. The molecule has 1 aliphatic rings. The lowest BCUT2D eigenvalue weighted by Gasteiger charge is -2.33. The maximum Gasteiger partial charge on any atom is 0.324 e. The van der Waals surface area contributed by atoms with Gasteiger partial charge in [0.2, 0.25) is 0 Å². The molecule has 100 valence electrons. The summed E-state index contributed by atoms with van der Waals surface area (Å²) in [6, 6.07) is 3.39. The molecule has 1 fully saturated rings. The van der Waals surface area contributed by atoms with Gasteiger partial charge in [0.15, 0.2) is 0 Å². The van der Waals surface area contributed by atoms with Crippen molar-refractivity contribution in [3.8, 4) is 0 Å². The van der Waals surface area contributed by atoms with E-state index in [-0.39, 0.29) is 9.92 Å². The zero-order valence-corrected chi connectivity index (χ0v) is 11.3. The fraction of sp³-hybridized carbons (Fsp3) is 0.667. The van der Waals surface area contributed by atoms with E-state index in [1.807, 2.05) is 6.07 Å². The summed E-state index contributed by atoms with van der Waals surface area (Å²) >= 11 is 1.24. The summed E-state index contributed by atoms with van der Waals surface area (Å²) in [5.74, 6) is 0. The van der Waals surface area contributed by atoms with Crippen LogP contribution < -0.4 is 5.32 Å². The molecule has 0 spiro atoms. The normalized spacial score (nSPS) is 18.7. The van der Waals surface area contributed by atoms with E-state index in [0.29, 0.717) is 12.0 Å². The Bertz CT molecular complexity index is 413. The minimum atomic E-state index is -0.339. The largest absolute Gasteiger partial charge is 0.381 e. The third kappa shape index (κ3) is 3.51. The molecule has 1 aliphatic heterocycles. The lowest BCUT2D eigenvalue weighted by molar-refractivity contribution is -0.380. The van der Waals surface area contributed by atoms with Gasteiger partial charge in [-0.25, -0.2) is 0 Å². The van der Waals surface area contributed by atoms with E-state index in [1.165, 1.54) is 11.3 Å². The van der Waals surface area contributed by atoms with E-state index in [2.05, 4.69) is 12.2 Å². The van der Waals surface area contributed by atoms with Crippen molar-refractivity contribution in [2.24, 2.45) is 5.41 Å². The molecule has 0 atom stereocenters. The highest BCUT2D eigenvalue weighted by Gasteiger charge is 2.26. The van der Waals surface area contributed by atoms with Crippen LogP contribution in [0.3, 0.4) is 0 Å². The van der Waals surface area contributed by atoms with Gasteiger partial charge in [0.25, 0.3) is 0 Å². The number of thiophene rings is 1.